The van der Waals surface area contributed by atoms with E-state index in [-0.39, 0.29) is 12.4 Å². The lowest BCUT2D eigenvalue weighted by atomic mass is 10.3. The summed E-state index contributed by atoms with van der Waals surface area (Å²) < 4.78 is 24.8. The number of thioether (sulfide) groups is 1. The van der Waals surface area contributed by atoms with Crippen molar-refractivity contribution in [3.05, 3.63) is 53.4 Å². The van der Waals surface area contributed by atoms with E-state index in [4.69, 9.17) is 15.1 Å². The third-order valence-corrected chi connectivity index (χ3v) is 3.90. The number of hydrogen-bond donors (Lipinski definition) is 1. The molecule has 0 saturated carbocycles. The molecule has 9 heteroatoms. The molecule has 7 nitrogen and oxygen atoms in total. The highest BCUT2D eigenvalue weighted by Crippen LogP contribution is 2.21. The molecule has 0 aliphatic carbocycles. The molecule has 0 bridgehead atoms. The minimum Gasteiger partial charge on any atom is -0.486 e. The molecule has 0 unspecified atom stereocenters. The summed E-state index contributed by atoms with van der Waals surface area (Å²) in [5.41, 5.74) is 0.822. The van der Waals surface area contributed by atoms with E-state index >= 15 is 0 Å². The maximum atomic E-state index is 12.8. The zero-order valence-electron chi connectivity index (χ0n) is 12.3. The monoisotopic (exact) mass is 335 g/mol. The van der Waals surface area contributed by atoms with Crippen molar-refractivity contribution in [1.82, 2.24) is 20.0 Å². The summed E-state index contributed by atoms with van der Waals surface area (Å²) in [6.07, 6.45) is 0. The van der Waals surface area contributed by atoms with E-state index in [1.54, 1.807) is 0 Å². The Morgan fingerprint density at radius 2 is 2.09 bits per heavy atom. The van der Waals surface area contributed by atoms with Gasteiger partial charge in [0.05, 0.1) is 11.4 Å². The Balaban J connectivity index is 1.59. The molecule has 120 valence electrons. The number of hydrogen-bond acceptors (Lipinski definition) is 7. The number of nitrogen functional groups attached to an aromatic ring is 1. The van der Waals surface area contributed by atoms with Gasteiger partial charge in [0.15, 0.2) is 5.82 Å². The number of benzene rings is 1. The zero-order valence-corrected chi connectivity index (χ0v) is 13.1. The topological polar surface area (TPSA) is 92.0 Å². The SMILES string of the molecule is Cc1cc(CSc2nnc(COc3ccc(F)cc3)n2N)on1. The normalized spacial score (nSPS) is 10.9. The first-order valence-electron chi connectivity index (χ1n) is 6.74. The third-order valence-electron chi connectivity index (χ3n) is 2.94. The second-order valence-corrected chi connectivity index (χ2v) is 5.68. The quantitative estimate of drug-likeness (QED) is 0.546. The Kier molecular flexibility index (Phi) is 4.47. The average molecular weight is 335 g/mol. The largest absolute Gasteiger partial charge is 0.486 e. The van der Waals surface area contributed by atoms with Gasteiger partial charge < -0.3 is 15.1 Å². The van der Waals surface area contributed by atoms with Crippen LogP contribution in [-0.4, -0.2) is 20.0 Å². The molecule has 0 aliphatic heterocycles. The lowest BCUT2D eigenvalue weighted by Gasteiger charge is -2.06. The van der Waals surface area contributed by atoms with Gasteiger partial charge >= 0.3 is 0 Å². The first-order chi connectivity index (χ1) is 11.1. The summed E-state index contributed by atoms with van der Waals surface area (Å²) in [5.74, 6) is 7.91. The minimum atomic E-state index is -0.319. The van der Waals surface area contributed by atoms with E-state index in [1.165, 1.54) is 40.7 Å². The van der Waals surface area contributed by atoms with E-state index in [0.717, 1.165) is 11.5 Å². The van der Waals surface area contributed by atoms with Gasteiger partial charge in [-0.05, 0) is 31.2 Å². The lowest BCUT2D eigenvalue weighted by Crippen LogP contribution is -2.15. The maximum Gasteiger partial charge on any atom is 0.210 e. The average Bonchev–Trinajstić information content (AvgIpc) is 3.11. The highest BCUT2D eigenvalue weighted by atomic mass is 32.2. The fourth-order valence-corrected chi connectivity index (χ4v) is 2.55. The van der Waals surface area contributed by atoms with Gasteiger partial charge in [-0.25, -0.2) is 9.07 Å². The minimum absolute atomic E-state index is 0.136. The van der Waals surface area contributed by atoms with E-state index in [2.05, 4.69) is 15.4 Å². The molecule has 0 radical (unpaired) electrons. The van der Waals surface area contributed by atoms with Gasteiger partial charge in [-0.15, -0.1) is 10.2 Å². The van der Waals surface area contributed by atoms with Crippen molar-refractivity contribution in [1.29, 1.82) is 0 Å². The van der Waals surface area contributed by atoms with Gasteiger partial charge in [0.1, 0.15) is 23.9 Å². The number of aryl methyl sites for hydroxylation is 1. The van der Waals surface area contributed by atoms with E-state index in [0.29, 0.717) is 22.5 Å². The standard InChI is InChI=1S/C14H14FN5O2S/c1-9-6-12(22-19-9)8-23-14-18-17-13(20(14)16)7-21-11-4-2-10(15)3-5-11/h2-6H,7-8,16H2,1H3. The molecule has 2 aromatic heterocycles. The molecule has 0 amide bonds. The molecule has 0 fully saturated rings. The van der Waals surface area contributed by atoms with Gasteiger partial charge in [0.2, 0.25) is 5.16 Å². The van der Waals surface area contributed by atoms with Crippen molar-refractivity contribution >= 4 is 11.8 Å². The van der Waals surface area contributed by atoms with E-state index in [9.17, 15) is 4.39 Å². The highest BCUT2D eigenvalue weighted by Gasteiger charge is 2.12. The van der Waals surface area contributed by atoms with Crippen LogP contribution in [0, 0.1) is 12.7 Å². The molecule has 23 heavy (non-hydrogen) atoms. The summed E-state index contributed by atoms with van der Waals surface area (Å²) >= 11 is 1.38. The molecule has 0 atom stereocenters. The predicted molar refractivity (Wildman–Crippen MR) is 81.7 cm³/mol. The van der Waals surface area contributed by atoms with Crippen LogP contribution in [0.2, 0.25) is 0 Å². The van der Waals surface area contributed by atoms with Gasteiger partial charge in [0, 0.05) is 6.07 Å². The number of aromatic nitrogens is 4. The van der Waals surface area contributed by atoms with Gasteiger partial charge in [-0.1, -0.05) is 16.9 Å². The number of rotatable bonds is 6. The van der Waals surface area contributed by atoms with Crippen LogP contribution < -0.4 is 10.6 Å². The highest BCUT2D eigenvalue weighted by molar-refractivity contribution is 7.98. The molecule has 0 spiro atoms. The van der Waals surface area contributed by atoms with Gasteiger partial charge in [0.25, 0.3) is 0 Å². The Hall–Kier alpha value is -2.55. The van der Waals surface area contributed by atoms with Crippen LogP contribution in [-0.2, 0) is 12.4 Å². The predicted octanol–water partition coefficient (Wildman–Crippen LogP) is 2.30. The molecular weight excluding hydrogens is 321 g/mol. The fraction of sp³-hybridized carbons (Fsp3) is 0.214. The van der Waals surface area contributed by atoms with Crippen molar-refractivity contribution in [2.24, 2.45) is 0 Å². The lowest BCUT2D eigenvalue weighted by molar-refractivity contribution is 0.291. The summed E-state index contributed by atoms with van der Waals surface area (Å²) in [7, 11) is 0. The van der Waals surface area contributed by atoms with Crippen LogP contribution in [0.3, 0.4) is 0 Å². The molecular formula is C14H14FN5O2S. The molecule has 3 aromatic rings. The number of ether oxygens (including phenoxy) is 1. The summed E-state index contributed by atoms with van der Waals surface area (Å²) in [6, 6.07) is 7.57. The first kappa shape index (κ1) is 15.3. The number of nitrogens with zero attached hydrogens (tertiary/aromatic N) is 4. The third kappa shape index (κ3) is 3.81. The van der Waals surface area contributed by atoms with Crippen molar-refractivity contribution in [3.8, 4) is 5.75 Å². The van der Waals surface area contributed by atoms with E-state index in [1.807, 2.05) is 13.0 Å². The molecule has 2 heterocycles. The second kappa shape index (κ2) is 6.69. The Morgan fingerprint density at radius 3 is 2.78 bits per heavy atom. The molecule has 2 N–H and O–H groups in total. The fourth-order valence-electron chi connectivity index (χ4n) is 1.80. The van der Waals surface area contributed by atoms with Crippen LogP contribution >= 0.6 is 11.8 Å². The zero-order chi connectivity index (χ0) is 16.2. The van der Waals surface area contributed by atoms with Crippen LogP contribution in [0.5, 0.6) is 5.75 Å². The smallest absolute Gasteiger partial charge is 0.210 e. The van der Waals surface area contributed by atoms with Crippen LogP contribution in [0.1, 0.15) is 17.3 Å². The van der Waals surface area contributed by atoms with Crippen molar-refractivity contribution in [3.63, 3.8) is 0 Å². The van der Waals surface area contributed by atoms with Gasteiger partial charge in [-0.2, -0.15) is 0 Å². The van der Waals surface area contributed by atoms with Crippen LogP contribution in [0.15, 0.2) is 40.0 Å². The summed E-state index contributed by atoms with van der Waals surface area (Å²) in [6.45, 7) is 1.99. The van der Waals surface area contributed by atoms with Crippen LogP contribution in [0.4, 0.5) is 4.39 Å². The Labute approximate surface area is 135 Å². The maximum absolute atomic E-state index is 12.8. The first-order valence-corrected chi connectivity index (χ1v) is 7.73. The number of nitrogens with two attached hydrogens (primary N) is 1. The molecule has 0 aliphatic rings. The van der Waals surface area contributed by atoms with Crippen LogP contribution in [0.25, 0.3) is 0 Å². The summed E-state index contributed by atoms with van der Waals surface area (Å²) in [4.78, 5) is 0. The van der Waals surface area contributed by atoms with Crippen molar-refractivity contribution in [2.75, 3.05) is 5.84 Å². The van der Waals surface area contributed by atoms with Gasteiger partial charge in [-0.3, -0.25) is 0 Å². The van der Waals surface area contributed by atoms with E-state index < -0.39 is 0 Å². The second-order valence-electron chi connectivity index (χ2n) is 4.73. The molecule has 1 aromatic carbocycles. The molecule has 0 saturated heterocycles. The molecule has 3 rings (SSSR count). The number of halogens is 1. The van der Waals surface area contributed by atoms with Crippen molar-refractivity contribution in [2.45, 2.75) is 24.4 Å². The Morgan fingerprint density at radius 1 is 1.30 bits per heavy atom. The van der Waals surface area contributed by atoms with Crippen molar-refractivity contribution < 1.29 is 13.7 Å². The Bertz CT molecular complexity index is 787. The summed E-state index contributed by atoms with van der Waals surface area (Å²) in [5, 5.41) is 12.4.